The van der Waals surface area contributed by atoms with Crippen molar-refractivity contribution in [3.05, 3.63) is 81.8 Å². The number of nitriles is 1. The van der Waals surface area contributed by atoms with Gasteiger partial charge in [0.1, 0.15) is 18.1 Å². The van der Waals surface area contributed by atoms with Crippen molar-refractivity contribution in [2.24, 2.45) is 0 Å². The lowest BCUT2D eigenvalue weighted by Crippen LogP contribution is -2.29. The molecule has 2 heterocycles. The van der Waals surface area contributed by atoms with E-state index in [4.69, 9.17) is 0 Å². The number of fused-ring (bicyclic) bond motifs is 3. The van der Waals surface area contributed by atoms with Crippen molar-refractivity contribution < 1.29 is 9.90 Å². The van der Waals surface area contributed by atoms with E-state index in [1.54, 1.807) is 6.07 Å². The number of nitrogens with zero attached hydrogens (tertiary/aromatic N) is 3. The van der Waals surface area contributed by atoms with Crippen molar-refractivity contribution in [2.45, 2.75) is 32.9 Å². The summed E-state index contributed by atoms with van der Waals surface area (Å²) in [5.41, 5.74) is 2.89. The summed E-state index contributed by atoms with van der Waals surface area (Å²) in [4.78, 5) is 25.0. The minimum absolute atomic E-state index is 0.0341. The highest BCUT2D eigenvalue weighted by molar-refractivity contribution is 6.09. The van der Waals surface area contributed by atoms with Crippen LogP contribution in [0.5, 0.6) is 0 Å². The Morgan fingerprint density at radius 1 is 1.03 bits per heavy atom. The highest BCUT2D eigenvalue weighted by atomic mass is 16.4. The van der Waals surface area contributed by atoms with E-state index < -0.39 is 12.5 Å². The van der Waals surface area contributed by atoms with Gasteiger partial charge in [0, 0.05) is 23.0 Å². The molecule has 0 spiro atoms. The summed E-state index contributed by atoms with van der Waals surface area (Å²) >= 11 is 0. The second-order valence-corrected chi connectivity index (χ2v) is 7.66. The molecular formula is C24H21N3O3. The lowest BCUT2D eigenvalue weighted by atomic mass is 10.0. The van der Waals surface area contributed by atoms with Crippen LogP contribution < -0.4 is 5.56 Å². The van der Waals surface area contributed by atoms with Gasteiger partial charge in [-0.2, -0.15) is 5.26 Å². The van der Waals surface area contributed by atoms with Crippen LogP contribution in [0, 0.1) is 11.3 Å². The van der Waals surface area contributed by atoms with Gasteiger partial charge in [0.25, 0.3) is 5.56 Å². The zero-order chi connectivity index (χ0) is 21.4. The monoisotopic (exact) mass is 399 g/mol. The van der Waals surface area contributed by atoms with E-state index >= 15 is 0 Å². The largest absolute Gasteiger partial charge is 0.480 e. The maximum absolute atomic E-state index is 13.6. The van der Waals surface area contributed by atoms with Gasteiger partial charge in [-0.25, -0.2) is 0 Å². The molecule has 6 nitrogen and oxygen atoms in total. The summed E-state index contributed by atoms with van der Waals surface area (Å²) in [6.07, 6.45) is 0. The van der Waals surface area contributed by atoms with Gasteiger partial charge in [-0.3, -0.25) is 14.2 Å². The number of benzene rings is 2. The lowest BCUT2D eigenvalue weighted by molar-refractivity contribution is -0.137. The van der Waals surface area contributed by atoms with Gasteiger partial charge < -0.3 is 9.67 Å². The molecule has 0 atom stereocenters. The molecule has 0 unspecified atom stereocenters. The van der Waals surface area contributed by atoms with Crippen molar-refractivity contribution in [1.29, 1.82) is 5.26 Å². The van der Waals surface area contributed by atoms with Crippen LogP contribution in [0.1, 0.15) is 36.6 Å². The predicted molar refractivity (Wildman–Crippen MR) is 116 cm³/mol. The number of pyridine rings is 1. The van der Waals surface area contributed by atoms with Gasteiger partial charge in [0.05, 0.1) is 11.1 Å². The zero-order valence-corrected chi connectivity index (χ0v) is 16.8. The number of carboxylic acid groups (broad SMARTS) is 1. The minimum atomic E-state index is -1.07. The van der Waals surface area contributed by atoms with Gasteiger partial charge >= 0.3 is 5.97 Å². The second-order valence-electron chi connectivity index (χ2n) is 7.66. The average Bonchev–Trinajstić information content (AvgIpc) is 3.04. The van der Waals surface area contributed by atoms with E-state index in [1.165, 1.54) is 4.57 Å². The highest BCUT2D eigenvalue weighted by Crippen LogP contribution is 2.32. The fraction of sp³-hybridized carbons (Fsp3) is 0.208. The third-order valence-electron chi connectivity index (χ3n) is 5.36. The van der Waals surface area contributed by atoms with Crippen molar-refractivity contribution in [3.63, 3.8) is 0 Å². The first-order valence-electron chi connectivity index (χ1n) is 9.76. The molecule has 0 radical (unpaired) electrons. The molecule has 0 aliphatic carbocycles. The number of hydrogen-bond acceptors (Lipinski definition) is 3. The fourth-order valence-electron chi connectivity index (χ4n) is 4.08. The summed E-state index contributed by atoms with van der Waals surface area (Å²) in [6.45, 7) is 3.87. The number of para-hydroxylation sites is 1. The van der Waals surface area contributed by atoms with Gasteiger partial charge in [0.15, 0.2) is 0 Å². The third-order valence-corrected chi connectivity index (χ3v) is 5.36. The van der Waals surface area contributed by atoms with Gasteiger partial charge in [-0.15, -0.1) is 0 Å². The van der Waals surface area contributed by atoms with E-state index in [-0.39, 0.29) is 11.5 Å². The number of aromatic nitrogens is 2. The minimum Gasteiger partial charge on any atom is -0.480 e. The third kappa shape index (κ3) is 3.15. The standard InChI is InChI=1S/C24H21N3O3/c1-15(2)20-11-19-18-10-6-9-17(12-25)22(18)27(13-16-7-4-3-5-8-16)23(19)24(30)26(20)14-21(28)29/h3-11,15H,13-14H2,1-2H3,(H,28,29). The quantitative estimate of drug-likeness (QED) is 0.548. The number of carbonyl (C=O) groups is 1. The predicted octanol–water partition coefficient (Wildman–Crippen LogP) is 4.08. The van der Waals surface area contributed by atoms with Crippen molar-refractivity contribution in [3.8, 4) is 6.07 Å². The smallest absolute Gasteiger partial charge is 0.323 e. The number of hydrogen-bond donors (Lipinski definition) is 1. The molecule has 0 amide bonds. The molecule has 0 aliphatic heterocycles. The molecule has 2 aromatic carbocycles. The van der Waals surface area contributed by atoms with Gasteiger partial charge in [-0.1, -0.05) is 56.3 Å². The van der Waals surface area contributed by atoms with Crippen molar-refractivity contribution in [2.75, 3.05) is 0 Å². The lowest BCUT2D eigenvalue weighted by Gasteiger charge is -2.15. The van der Waals surface area contributed by atoms with Crippen LogP contribution in [-0.2, 0) is 17.9 Å². The van der Waals surface area contributed by atoms with Gasteiger partial charge in [-0.05, 0) is 23.6 Å². The normalized spacial score (nSPS) is 11.3. The van der Waals surface area contributed by atoms with Gasteiger partial charge in [0.2, 0.25) is 0 Å². The van der Waals surface area contributed by atoms with Crippen LogP contribution in [-0.4, -0.2) is 20.2 Å². The van der Waals surface area contributed by atoms with E-state index in [1.807, 2.05) is 66.9 Å². The summed E-state index contributed by atoms with van der Waals surface area (Å²) in [7, 11) is 0. The maximum Gasteiger partial charge on any atom is 0.323 e. The van der Waals surface area contributed by atoms with E-state index in [0.29, 0.717) is 28.8 Å². The van der Waals surface area contributed by atoms with Crippen LogP contribution in [0.4, 0.5) is 0 Å². The Morgan fingerprint density at radius 2 is 1.77 bits per heavy atom. The fourth-order valence-corrected chi connectivity index (χ4v) is 4.08. The Balaban J connectivity index is 2.17. The van der Waals surface area contributed by atoms with E-state index in [2.05, 4.69) is 6.07 Å². The molecule has 6 heteroatoms. The van der Waals surface area contributed by atoms with Crippen LogP contribution in [0.3, 0.4) is 0 Å². The Labute approximate surface area is 173 Å². The van der Waals surface area contributed by atoms with Crippen molar-refractivity contribution >= 4 is 27.8 Å². The summed E-state index contributed by atoms with van der Waals surface area (Å²) in [5.74, 6) is -1.10. The maximum atomic E-state index is 13.6. The van der Waals surface area contributed by atoms with E-state index in [9.17, 15) is 20.0 Å². The topological polar surface area (TPSA) is 88.0 Å². The Morgan fingerprint density at radius 3 is 2.40 bits per heavy atom. The van der Waals surface area contributed by atoms with E-state index in [0.717, 1.165) is 16.3 Å². The Bertz CT molecular complexity index is 1370. The number of aliphatic carboxylic acids is 1. The molecule has 0 saturated heterocycles. The Hall–Kier alpha value is -3.85. The molecule has 0 saturated carbocycles. The summed E-state index contributed by atoms with van der Waals surface area (Å²) < 4.78 is 3.19. The molecule has 0 fully saturated rings. The first-order valence-corrected chi connectivity index (χ1v) is 9.76. The molecule has 0 aliphatic rings. The molecule has 1 N–H and O–H groups in total. The van der Waals surface area contributed by atoms with Crippen LogP contribution in [0.25, 0.3) is 21.8 Å². The summed E-state index contributed by atoms with van der Waals surface area (Å²) in [6, 6.07) is 19.3. The van der Waals surface area contributed by atoms with Crippen LogP contribution in [0.15, 0.2) is 59.4 Å². The molecular weight excluding hydrogens is 378 g/mol. The second kappa shape index (κ2) is 7.53. The summed E-state index contributed by atoms with van der Waals surface area (Å²) in [5, 5.41) is 20.7. The van der Waals surface area contributed by atoms with Crippen LogP contribution in [0.2, 0.25) is 0 Å². The molecule has 30 heavy (non-hydrogen) atoms. The SMILES string of the molecule is CC(C)c1cc2c3cccc(C#N)c3n(Cc3ccccc3)c2c(=O)n1CC(=O)O. The molecule has 2 aromatic heterocycles. The van der Waals surface area contributed by atoms with Crippen LogP contribution >= 0.6 is 0 Å². The highest BCUT2D eigenvalue weighted by Gasteiger charge is 2.22. The Kier molecular flexibility index (Phi) is 4.88. The number of carboxylic acids is 1. The first-order chi connectivity index (χ1) is 14.4. The molecule has 0 bridgehead atoms. The zero-order valence-electron chi connectivity index (χ0n) is 16.8. The molecule has 4 aromatic rings. The van der Waals surface area contributed by atoms with Crippen molar-refractivity contribution in [1.82, 2.24) is 9.13 Å². The number of rotatable bonds is 5. The molecule has 4 rings (SSSR count). The average molecular weight is 399 g/mol. The first kappa shape index (κ1) is 19.5. The molecule has 150 valence electrons.